The zero-order valence-corrected chi connectivity index (χ0v) is 15.6. The number of hydrogen-bond donors (Lipinski definition) is 4. The molecule has 0 saturated carbocycles. The van der Waals surface area contributed by atoms with Crippen LogP contribution < -0.4 is 5.32 Å². The number of carbonyl (C=O) groups is 4. The summed E-state index contributed by atoms with van der Waals surface area (Å²) in [6, 6.07) is 4.21. The summed E-state index contributed by atoms with van der Waals surface area (Å²) < 4.78 is 0. The summed E-state index contributed by atoms with van der Waals surface area (Å²) in [6.07, 6.45) is 2.03. The topological polar surface area (TPSA) is 143 Å². The van der Waals surface area contributed by atoms with Crippen LogP contribution in [-0.4, -0.2) is 75.4 Å². The zero-order chi connectivity index (χ0) is 21.0. The molecule has 10 heteroatoms. The monoisotopic (exact) mass is 402 g/mol. The molecule has 10 nitrogen and oxygen atoms in total. The minimum atomic E-state index is -1.04. The molecular weight excluding hydrogens is 380 g/mol. The molecule has 0 spiro atoms. The molecule has 0 aliphatic carbocycles. The van der Waals surface area contributed by atoms with E-state index >= 15 is 0 Å². The van der Waals surface area contributed by atoms with Crippen molar-refractivity contribution in [3.8, 4) is 0 Å². The Morgan fingerprint density at radius 3 is 2.48 bits per heavy atom. The van der Waals surface area contributed by atoms with E-state index in [0.717, 1.165) is 11.8 Å². The summed E-state index contributed by atoms with van der Waals surface area (Å²) in [5.74, 6) is -2.43. The minimum Gasteiger partial charge on any atom is -0.481 e. The summed E-state index contributed by atoms with van der Waals surface area (Å²) in [6.45, 7) is 1.87. The van der Waals surface area contributed by atoms with Gasteiger partial charge in [-0.1, -0.05) is 6.07 Å². The standard InChI is InChI=1S/C19H22N4O6/c24-11-22-5-7-23(8-6-22)18(19(28)29)14-10-20-15-9-12(1-2-13(14)15)21-16(25)3-4-17(26)27/h1-2,9-11,18,20H,3-8H2,(H,21,25)(H,26,27)(H,28,29). The first-order valence-electron chi connectivity index (χ1n) is 9.18. The van der Waals surface area contributed by atoms with Crippen LogP contribution in [0.2, 0.25) is 0 Å². The van der Waals surface area contributed by atoms with E-state index in [1.807, 2.05) is 4.90 Å². The Morgan fingerprint density at radius 2 is 1.86 bits per heavy atom. The van der Waals surface area contributed by atoms with Gasteiger partial charge < -0.3 is 25.4 Å². The van der Waals surface area contributed by atoms with Crippen LogP contribution in [0.3, 0.4) is 0 Å². The number of nitrogens with one attached hydrogen (secondary N) is 2. The Hall–Kier alpha value is -3.40. The van der Waals surface area contributed by atoms with Gasteiger partial charge in [0.25, 0.3) is 0 Å². The summed E-state index contributed by atoms with van der Waals surface area (Å²) >= 11 is 0. The van der Waals surface area contributed by atoms with Gasteiger partial charge >= 0.3 is 11.9 Å². The van der Waals surface area contributed by atoms with Crippen LogP contribution in [0.1, 0.15) is 24.4 Å². The van der Waals surface area contributed by atoms with Crippen LogP contribution in [0, 0.1) is 0 Å². The fourth-order valence-corrected chi connectivity index (χ4v) is 3.48. The number of aromatic nitrogens is 1. The van der Waals surface area contributed by atoms with E-state index in [0.29, 0.717) is 42.9 Å². The molecule has 1 aliphatic heterocycles. The molecule has 1 saturated heterocycles. The van der Waals surface area contributed by atoms with Gasteiger partial charge in [-0.15, -0.1) is 0 Å². The van der Waals surface area contributed by atoms with Crippen molar-refractivity contribution >= 4 is 40.8 Å². The number of amides is 2. The van der Waals surface area contributed by atoms with E-state index in [-0.39, 0.29) is 12.8 Å². The van der Waals surface area contributed by atoms with Crippen LogP contribution in [0.15, 0.2) is 24.4 Å². The highest BCUT2D eigenvalue weighted by atomic mass is 16.4. The number of nitrogens with zero attached hydrogens (tertiary/aromatic N) is 2. The molecule has 154 valence electrons. The predicted molar refractivity (Wildman–Crippen MR) is 103 cm³/mol. The number of aliphatic carboxylic acids is 2. The van der Waals surface area contributed by atoms with Gasteiger partial charge in [0.2, 0.25) is 12.3 Å². The molecule has 0 bridgehead atoms. The number of benzene rings is 1. The van der Waals surface area contributed by atoms with Crippen LogP contribution in [0.25, 0.3) is 10.9 Å². The van der Waals surface area contributed by atoms with Gasteiger partial charge in [0.05, 0.1) is 6.42 Å². The van der Waals surface area contributed by atoms with E-state index < -0.39 is 23.9 Å². The Labute approximate surface area is 166 Å². The summed E-state index contributed by atoms with van der Waals surface area (Å²) in [4.78, 5) is 51.7. The molecule has 2 heterocycles. The van der Waals surface area contributed by atoms with Crippen molar-refractivity contribution in [1.82, 2.24) is 14.8 Å². The number of rotatable bonds is 8. The maximum absolute atomic E-state index is 12.0. The molecule has 1 unspecified atom stereocenters. The fourth-order valence-electron chi connectivity index (χ4n) is 3.48. The number of aromatic amines is 1. The van der Waals surface area contributed by atoms with Gasteiger partial charge in [-0.3, -0.25) is 24.1 Å². The maximum Gasteiger partial charge on any atom is 0.325 e. The molecule has 4 N–H and O–H groups in total. The first-order chi connectivity index (χ1) is 13.9. The number of carboxylic acids is 2. The molecule has 1 aliphatic rings. The summed E-state index contributed by atoms with van der Waals surface area (Å²) in [7, 11) is 0. The number of hydrogen-bond acceptors (Lipinski definition) is 5. The molecule has 1 atom stereocenters. The molecule has 2 aromatic rings. The van der Waals surface area contributed by atoms with Gasteiger partial charge in [-0.05, 0) is 12.1 Å². The lowest BCUT2D eigenvalue weighted by Crippen LogP contribution is -2.48. The van der Waals surface area contributed by atoms with E-state index in [9.17, 15) is 24.3 Å². The van der Waals surface area contributed by atoms with Crippen LogP contribution in [-0.2, 0) is 19.2 Å². The van der Waals surface area contributed by atoms with Crippen molar-refractivity contribution in [2.75, 3.05) is 31.5 Å². The highest BCUT2D eigenvalue weighted by molar-refractivity contribution is 5.96. The van der Waals surface area contributed by atoms with Gasteiger partial charge in [0.15, 0.2) is 0 Å². The summed E-state index contributed by atoms with van der Waals surface area (Å²) in [5, 5.41) is 21.8. The average molecular weight is 402 g/mol. The second-order valence-electron chi connectivity index (χ2n) is 6.86. The van der Waals surface area contributed by atoms with Crippen LogP contribution in [0.4, 0.5) is 5.69 Å². The van der Waals surface area contributed by atoms with Crippen LogP contribution >= 0.6 is 0 Å². The van der Waals surface area contributed by atoms with Crippen molar-refractivity contribution in [2.45, 2.75) is 18.9 Å². The van der Waals surface area contributed by atoms with E-state index in [2.05, 4.69) is 10.3 Å². The molecule has 29 heavy (non-hydrogen) atoms. The largest absolute Gasteiger partial charge is 0.481 e. The SMILES string of the molecule is O=CN1CCN(C(C(=O)O)c2c[nH]c3cc(NC(=O)CCC(=O)O)ccc23)CC1. The van der Waals surface area contributed by atoms with Gasteiger partial charge in [-0.2, -0.15) is 0 Å². The van der Waals surface area contributed by atoms with Crippen molar-refractivity contribution in [1.29, 1.82) is 0 Å². The number of anilines is 1. The van der Waals surface area contributed by atoms with E-state index in [1.165, 1.54) is 0 Å². The Kier molecular flexibility index (Phi) is 6.13. The second-order valence-corrected chi connectivity index (χ2v) is 6.86. The van der Waals surface area contributed by atoms with Crippen LogP contribution in [0.5, 0.6) is 0 Å². The normalized spacial score (nSPS) is 15.8. The molecule has 1 aromatic carbocycles. The number of carboxylic acid groups (broad SMARTS) is 2. The lowest BCUT2D eigenvalue weighted by molar-refractivity contribution is -0.144. The lowest BCUT2D eigenvalue weighted by Gasteiger charge is -2.36. The molecule has 0 radical (unpaired) electrons. The Balaban J connectivity index is 1.79. The third-order valence-electron chi connectivity index (χ3n) is 4.96. The van der Waals surface area contributed by atoms with Gasteiger partial charge in [0.1, 0.15) is 6.04 Å². The third kappa shape index (κ3) is 4.72. The molecular formula is C19H22N4O6. The predicted octanol–water partition coefficient (Wildman–Crippen LogP) is 0.871. The first kappa shape index (κ1) is 20.3. The molecule has 1 aromatic heterocycles. The van der Waals surface area contributed by atoms with E-state index in [1.54, 1.807) is 29.3 Å². The number of piperazine rings is 1. The molecule has 1 fully saturated rings. The smallest absolute Gasteiger partial charge is 0.325 e. The number of H-pyrrole nitrogens is 1. The second kappa shape index (κ2) is 8.74. The van der Waals surface area contributed by atoms with Crippen molar-refractivity contribution in [3.05, 3.63) is 30.0 Å². The van der Waals surface area contributed by atoms with Gasteiger partial charge in [0, 0.05) is 61.0 Å². The first-order valence-corrected chi connectivity index (χ1v) is 9.18. The highest BCUT2D eigenvalue weighted by Crippen LogP contribution is 2.31. The molecule has 2 amide bonds. The van der Waals surface area contributed by atoms with Crippen molar-refractivity contribution < 1.29 is 29.4 Å². The molecule has 3 rings (SSSR count). The Bertz CT molecular complexity index is 932. The zero-order valence-electron chi connectivity index (χ0n) is 15.6. The highest BCUT2D eigenvalue weighted by Gasteiger charge is 2.31. The number of fused-ring (bicyclic) bond motifs is 1. The van der Waals surface area contributed by atoms with E-state index in [4.69, 9.17) is 5.11 Å². The van der Waals surface area contributed by atoms with Crippen molar-refractivity contribution in [2.24, 2.45) is 0 Å². The maximum atomic E-state index is 12.0. The minimum absolute atomic E-state index is 0.128. The van der Waals surface area contributed by atoms with Gasteiger partial charge in [-0.25, -0.2) is 0 Å². The number of carbonyl (C=O) groups excluding carboxylic acids is 2. The third-order valence-corrected chi connectivity index (χ3v) is 4.96. The van der Waals surface area contributed by atoms with Crippen molar-refractivity contribution in [3.63, 3.8) is 0 Å². The quantitative estimate of drug-likeness (QED) is 0.480. The Morgan fingerprint density at radius 1 is 1.14 bits per heavy atom. The fraction of sp³-hybridized carbons (Fsp3) is 0.368. The average Bonchev–Trinajstić information content (AvgIpc) is 3.09. The lowest BCUT2D eigenvalue weighted by atomic mass is 10.0. The summed E-state index contributed by atoms with van der Waals surface area (Å²) in [5.41, 5.74) is 1.76.